The molecule has 3 heteroatoms. The minimum atomic E-state index is 1.10. The molecule has 0 aliphatic heterocycles. The van der Waals surface area contributed by atoms with Gasteiger partial charge in [0.15, 0.2) is 0 Å². The van der Waals surface area contributed by atoms with Gasteiger partial charge in [-0.05, 0) is 12.1 Å². The van der Waals surface area contributed by atoms with Crippen LogP contribution >= 0.6 is 0 Å². The van der Waals surface area contributed by atoms with Crippen LogP contribution in [0.3, 0.4) is 0 Å². The number of aromatic nitrogens is 1. The van der Waals surface area contributed by atoms with Crippen molar-refractivity contribution in [3.05, 3.63) is 36.0 Å². The Morgan fingerprint density at radius 1 is 1.47 bits per heavy atom. The Balaban J connectivity index is 2.71. The van der Waals surface area contributed by atoms with E-state index in [1.807, 2.05) is 25.4 Å². The Bertz CT molecular complexity index is 573. The van der Waals surface area contributed by atoms with Crippen LogP contribution in [-0.4, -0.2) is 12.4 Å². The molecule has 0 fully saturated rings. The summed E-state index contributed by atoms with van der Waals surface area (Å²) in [5.74, 6) is 0. The minimum absolute atomic E-state index is 1.10. The lowest BCUT2D eigenvalue weighted by molar-refractivity contribution is 0.968. The van der Waals surface area contributed by atoms with Crippen LogP contribution in [0, 0.1) is 11.3 Å². The van der Waals surface area contributed by atoms with Crippen LogP contribution < -0.4 is 5.46 Å². The van der Waals surface area contributed by atoms with Gasteiger partial charge < -0.3 is 4.57 Å². The SMILES string of the molecule is Bc1ccc2c(c1)c(/C=C/C#N)cn2C. The molecule has 0 amide bonds. The van der Waals surface area contributed by atoms with Crippen LogP contribution in [0.25, 0.3) is 17.0 Å². The molecule has 2 rings (SSSR count). The quantitative estimate of drug-likeness (QED) is 0.491. The monoisotopic (exact) mass is 194 g/mol. The molecule has 15 heavy (non-hydrogen) atoms. The summed E-state index contributed by atoms with van der Waals surface area (Å²) in [4.78, 5) is 0. The van der Waals surface area contributed by atoms with Crippen LogP contribution in [0.15, 0.2) is 30.5 Å². The molecule has 1 heterocycles. The highest BCUT2D eigenvalue weighted by Gasteiger charge is 2.03. The average molecular weight is 194 g/mol. The first-order valence-electron chi connectivity index (χ1n) is 4.84. The first-order chi connectivity index (χ1) is 7.22. The molecule has 0 saturated heterocycles. The molecule has 0 aliphatic carbocycles. The van der Waals surface area contributed by atoms with Gasteiger partial charge in [0.2, 0.25) is 0 Å². The highest BCUT2D eigenvalue weighted by molar-refractivity contribution is 6.33. The van der Waals surface area contributed by atoms with E-state index in [0.29, 0.717) is 0 Å². The molecule has 72 valence electrons. The van der Waals surface area contributed by atoms with Crippen LogP contribution in [0.4, 0.5) is 0 Å². The van der Waals surface area contributed by atoms with Crippen molar-refractivity contribution in [2.75, 3.05) is 0 Å². The molecule has 2 aromatic rings. The number of benzene rings is 1. The Morgan fingerprint density at radius 3 is 3.00 bits per heavy atom. The molecule has 1 aromatic heterocycles. The molecular formula is C12H11BN2. The van der Waals surface area contributed by atoms with E-state index in [-0.39, 0.29) is 0 Å². The number of hydrogen-bond acceptors (Lipinski definition) is 1. The number of hydrogen-bond donors (Lipinski definition) is 0. The topological polar surface area (TPSA) is 28.7 Å². The minimum Gasteiger partial charge on any atom is -0.350 e. The van der Waals surface area contributed by atoms with Crippen molar-refractivity contribution in [1.82, 2.24) is 4.57 Å². The number of aryl methyl sites for hydroxylation is 1. The fraction of sp³-hybridized carbons (Fsp3) is 0.0833. The molecule has 0 bridgehead atoms. The van der Waals surface area contributed by atoms with E-state index in [4.69, 9.17) is 5.26 Å². The van der Waals surface area contributed by atoms with Crippen molar-refractivity contribution in [1.29, 1.82) is 5.26 Å². The molecule has 0 saturated carbocycles. The maximum atomic E-state index is 8.52. The highest BCUT2D eigenvalue weighted by atomic mass is 14.9. The zero-order chi connectivity index (χ0) is 10.8. The summed E-state index contributed by atoms with van der Waals surface area (Å²) in [6, 6.07) is 8.36. The van der Waals surface area contributed by atoms with E-state index in [2.05, 4.69) is 30.6 Å². The summed E-state index contributed by atoms with van der Waals surface area (Å²) < 4.78 is 2.08. The van der Waals surface area contributed by atoms with E-state index in [1.165, 1.54) is 22.4 Å². The third kappa shape index (κ3) is 1.67. The van der Waals surface area contributed by atoms with Crippen molar-refractivity contribution in [3.8, 4) is 6.07 Å². The van der Waals surface area contributed by atoms with Gasteiger partial charge >= 0.3 is 0 Å². The lowest BCUT2D eigenvalue weighted by Crippen LogP contribution is -1.99. The van der Waals surface area contributed by atoms with Gasteiger partial charge in [-0.2, -0.15) is 5.26 Å². The summed E-state index contributed by atoms with van der Waals surface area (Å²) in [5.41, 5.74) is 3.52. The van der Waals surface area contributed by atoms with Crippen molar-refractivity contribution in [2.45, 2.75) is 0 Å². The van der Waals surface area contributed by atoms with Crippen LogP contribution in [0.5, 0.6) is 0 Å². The molecule has 0 spiro atoms. The number of rotatable bonds is 1. The molecule has 1 aromatic carbocycles. The first-order valence-corrected chi connectivity index (χ1v) is 4.84. The van der Waals surface area contributed by atoms with E-state index < -0.39 is 0 Å². The van der Waals surface area contributed by atoms with Gasteiger partial charge in [0.25, 0.3) is 0 Å². The fourth-order valence-corrected chi connectivity index (χ4v) is 1.80. The van der Waals surface area contributed by atoms with Crippen molar-refractivity contribution in [3.63, 3.8) is 0 Å². The summed E-state index contributed by atoms with van der Waals surface area (Å²) in [7, 11) is 4.09. The van der Waals surface area contributed by atoms with Gasteiger partial charge in [-0.1, -0.05) is 17.6 Å². The third-order valence-corrected chi connectivity index (χ3v) is 2.51. The second-order valence-corrected chi connectivity index (χ2v) is 3.68. The summed E-state index contributed by atoms with van der Waals surface area (Å²) in [6.45, 7) is 0. The Kier molecular flexibility index (Phi) is 2.35. The Hall–Kier alpha value is -1.95. The molecule has 0 aliphatic rings. The van der Waals surface area contributed by atoms with Gasteiger partial charge in [-0.25, -0.2) is 0 Å². The Labute approximate surface area is 89.8 Å². The van der Waals surface area contributed by atoms with Crippen molar-refractivity contribution >= 4 is 30.3 Å². The largest absolute Gasteiger partial charge is 0.350 e. The second kappa shape index (κ2) is 3.66. The number of nitriles is 1. The maximum absolute atomic E-state index is 8.52. The normalized spacial score (nSPS) is 10.9. The number of nitrogens with zero attached hydrogens (tertiary/aromatic N) is 2. The van der Waals surface area contributed by atoms with Crippen LogP contribution in [0.1, 0.15) is 5.56 Å². The zero-order valence-corrected chi connectivity index (χ0v) is 8.86. The lowest BCUT2D eigenvalue weighted by atomic mass is 9.94. The summed E-state index contributed by atoms with van der Waals surface area (Å²) in [5, 5.41) is 9.72. The van der Waals surface area contributed by atoms with E-state index >= 15 is 0 Å². The predicted molar refractivity (Wildman–Crippen MR) is 65.7 cm³/mol. The van der Waals surface area contributed by atoms with Gasteiger partial charge in [-0.15, -0.1) is 0 Å². The summed E-state index contributed by atoms with van der Waals surface area (Å²) in [6.07, 6.45) is 5.40. The number of fused-ring (bicyclic) bond motifs is 1. The smallest absolute Gasteiger partial charge is 0.139 e. The van der Waals surface area contributed by atoms with Crippen molar-refractivity contribution < 1.29 is 0 Å². The standard InChI is InChI=1S/C12H11BN2/c1-15-8-9(3-2-6-14)11-7-10(13)4-5-12(11)15/h2-5,7-8H,13H2,1H3/b3-2+. The van der Waals surface area contributed by atoms with E-state index in [0.717, 1.165) is 5.56 Å². The number of allylic oxidation sites excluding steroid dienone is 1. The lowest BCUT2D eigenvalue weighted by Gasteiger charge is -1.96. The van der Waals surface area contributed by atoms with Crippen LogP contribution in [0.2, 0.25) is 0 Å². The molecule has 2 nitrogen and oxygen atoms in total. The second-order valence-electron chi connectivity index (χ2n) is 3.68. The Morgan fingerprint density at radius 2 is 2.27 bits per heavy atom. The molecule has 0 radical (unpaired) electrons. The van der Waals surface area contributed by atoms with Gasteiger partial charge in [0.1, 0.15) is 7.85 Å². The van der Waals surface area contributed by atoms with Gasteiger partial charge in [0, 0.05) is 35.8 Å². The van der Waals surface area contributed by atoms with Gasteiger partial charge in [0.05, 0.1) is 6.07 Å². The van der Waals surface area contributed by atoms with E-state index in [9.17, 15) is 0 Å². The fourth-order valence-electron chi connectivity index (χ4n) is 1.80. The molecule has 0 unspecified atom stereocenters. The van der Waals surface area contributed by atoms with Crippen LogP contribution in [-0.2, 0) is 7.05 Å². The molecule has 0 atom stereocenters. The maximum Gasteiger partial charge on any atom is 0.139 e. The van der Waals surface area contributed by atoms with Crippen molar-refractivity contribution in [2.24, 2.45) is 7.05 Å². The molecular weight excluding hydrogens is 183 g/mol. The molecule has 0 N–H and O–H groups in total. The highest BCUT2D eigenvalue weighted by Crippen LogP contribution is 2.20. The third-order valence-electron chi connectivity index (χ3n) is 2.51. The predicted octanol–water partition coefficient (Wildman–Crippen LogP) is 0.973. The first kappa shape index (κ1) is 9.60. The zero-order valence-electron chi connectivity index (χ0n) is 8.86. The van der Waals surface area contributed by atoms with E-state index in [1.54, 1.807) is 0 Å². The van der Waals surface area contributed by atoms with Gasteiger partial charge in [-0.3, -0.25) is 0 Å². The average Bonchev–Trinajstić information content (AvgIpc) is 2.52. The summed E-state index contributed by atoms with van der Waals surface area (Å²) >= 11 is 0.